The molecule has 1 aliphatic rings. The van der Waals surface area contributed by atoms with Gasteiger partial charge in [0.1, 0.15) is 0 Å². The van der Waals surface area contributed by atoms with Crippen molar-refractivity contribution in [2.45, 2.75) is 47.0 Å². The molecule has 0 spiro atoms. The molecule has 8 rings (SSSR count). The van der Waals surface area contributed by atoms with Crippen LogP contribution in [0.25, 0.3) is 44.6 Å². The van der Waals surface area contributed by atoms with Gasteiger partial charge in [0.15, 0.2) is 0 Å². The van der Waals surface area contributed by atoms with E-state index in [0.29, 0.717) is 0 Å². The smallest absolute Gasteiger partial charge is 0.0607 e. The van der Waals surface area contributed by atoms with E-state index in [2.05, 4.69) is 207 Å². The van der Waals surface area contributed by atoms with E-state index in [1.165, 1.54) is 61.3 Å². The molecule has 0 radical (unpaired) electrons. The van der Waals surface area contributed by atoms with Crippen LogP contribution in [0.3, 0.4) is 0 Å². The summed E-state index contributed by atoms with van der Waals surface area (Å²) in [6.45, 7) is 12.9. The van der Waals surface area contributed by atoms with Crippen LogP contribution in [0, 0.1) is 0 Å². The molecule has 2 aromatic heterocycles. The Hall–Kier alpha value is -5.86. The third-order valence-electron chi connectivity index (χ3n) is 10.1. The zero-order valence-electron chi connectivity index (χ0n) is 30.6. The molecule has 2 heterocycles. The molecule has 0 bridgehead atoms. The van der Waals surface area contributed by atoms with Gasteiger partial charge in [-0.05, 0) is 113 Å². The van der Waals surface area contributed by atoms with Gasteiger partial charge in [-0.15, -0.1) is 0 Å². The Labute approximate surface area is 303 Å². The number of hydrogen-bond donors (Lipinski definition) is 0. The van der Waals surface area contributed by atoms with Gasteiger partial charge in [-0.2, -0.15) is 0 Å². The molecule has 0 amide bonds. The van der Waals surface area contributed by atoms with Crippen molar-refractivity contribution in [2.24, 2.45) is 0 Å². The Morgan fingerprint density at radius 1 is 0.569 bits per heavy atom. The molecule has 1 aliphatic carbocycles. The van der Waals surface area contributed by atoms with Gasteiger partial charge in [-0.25, -0.2) is 0 Å². The topological polar surface area (TPSA) is 7.65 Å². The lowest BCUT2D eigenvalue weighted by Crippen LogP contribution is -2.16. The second-order valence-corrected chi connectivity index (χ2v) is 13.3. The number of anilines is 3. The molecule has 2 heteroatoms. The minimum absolute atomic E-state index is 0.0848. The summed E-state index contributed by atoms with van der Waals surface area (Å²) >= 11 is 0. The number of rotatable bonds is 7. The lowest BCUT2D eigenvalue weighted by Gasteiger charge is -2.28. The van der Waals surface area contributed by atoms with E-state index in [9.17, 15) is 0 Å². The average molecular weight is 663 g/mol. The van der Waals surface area contributed by atoms with Crippen molar-refractivity contribution in [1.82, 2.24) is 4.40 Å². The predicted octanol–water partition coefficient (Wildman–Crippen LogP) is 14.1. The Kier molecular flexibility index (Phi) is 9.34. The molecule has 51 heavy (non-hydrogen) atoms. The number of nitrogens with zero attached hydrogens (tertiary/aromatic N) is 2. The third-order valence-corrected chi connectivity index (χ3v) is 10.1. The minimum Gasteiger partial charge on any atom is -0.316 e. The highest BCUT2D eigenvalue weighted by Gasteiger charge is 2.35. The fourth-order valence-electron chi connectivity index (χ4n) is 7.64. The highest BCUT2D eigenvalue weighted by Crippen LogP contribution is 2.50. The Morgan fingerprint density at radius 3 is 1.90 bits per heavy atom. The van der Waals surface area contributed by atoms with E-state index in [1.54, 1.807) is 0 Å². The van der Waals surface area contributed by atoms with Crippen LogP contribution in [-0.4, -0.2) is 4.40 Å². The molecule has 0 saturated heterocycles. The van der Waals surface area contributed by atoms with Crippen molar-refractivity contribution >= 4 is 28.2 Å². The van der Waals surface area contributed by atoms with Gasteiger partial charge in [-0.3, -0.25) is 0 Å². The lowest BCUT2D eigenvalue weighted by molar-refractivity contribution is 0.660. The molecule has 0 fully saturated rings. The highest BCUT2D eigenvalue weighted by molar-refractivity contribution is 5.89. The van der Waals surface area contributed by atoms with Gasteiger partial charge < -0.3 is 9.30 Å². The van der Waals surface area contributed by atoms with Crippen LogP contribution in [-0.2, 0) is 5.41 Å². The van der Waals surface area contributed by atoms with Gasteiger partial charge in [0.05, 0.1) is 5.69 Å². The normalized spacial score (nSPS) is 13.1. The van der Waals surface area contributed by atoms with Crippen LogP contribution in [0.15, 0.2) is 170 Å². The summed E-state index contributed by atoms with van der Waals surface area (Å²) in [5.74, 6) is 0. The van der Waals surface area contributed by atoms with E-state index in [0.717, 1.165) is 17.1 Å². The van der Waals surface area contributed by atoms with Crippen molar-refractivity contribution in [3.05, 3.63) is 187 Å². The fourth-order valence-corrected chi connectivity index (χ4v) is 7.64. The number of fused-ring (bicyclic) bond motifs is 4. The van der Waals surface area contributed by atoms with E-state index in [1.807, 2.05) is 13.8 Å². The van der Waals surface area contributed by atoms with Crippen LogP contribution in [0.2, 0.25) is 0 Å². The molecule has 0 unspecified atom stereocenters. The summed E-state index contributed by atoms with van der Waals surface area (Å²) in [7, 11) is 0. The summed E-state index contributed by atoms with van der Waals surface area (Å²) in [6, 6.07) is 53.3. The first-order valence-corrected chi connectivity index (χ1v) is 18.2. The first-order chi connectivity index (χ1) is 25.0. The highest BCUT2D eigenvalue weighted by atomic mass is 15.1. The first kappa shape index (κ1) is 33.6. The number of aromatic nitrogens is 1. The molecule has 252 valence electrons. The van der Waals surface area contributed by atoms with Crippen molar-refractivity contribution < 1.29 is 0 Å². The zero-order chi connectivity index (χ0) is 35.5. The standard InChI is InChI=1S/C47H40N2.C2H6/c1-5-14-33(6-2)34-20-24-37(25-21-34)49(40-28-29-42-41-18-10-11-19-44(41)47(3,4)45(42)32-40)38-26-22-36(23-27-38)46-43(35-15-8-7-9-16-35)31-39-17-12-13-30-48(39)46;1-2/h5-32H,1-4H3;1-2H3/b14-5-,33-6+;. The zero-order valence-corrected chi connectivity index (χ0v) is 30.6. The molecular weight excluding hydrogens is 617 g/mol. The van der Waals surface area contributed by atoms with Crippen molar-refractivity contribution in [3.8, 4) is 33.5 Å². The van der Waals surface area contributed by atoms with Crippen molar-refractivity contribution in [2.75, 3.05) is 4.90 Å². The largest absolute Gasteiger partial charge is 0.316 e. The SMILES string of the molecule is C/C=C\C(=C/C)c1ccc(N(c2ccc(-c3c(-c4ccccc4)cc4ccccn34)cc2)c2ccc3c(c2)C(C)(C)c2ccccc2-3)cc1.CC. The van der Waals surface area contributed by atoms with E-state index in [4.69, 9.17) is 0 Å². The van der Waals surface area contributed by atoms with Gasteiger partial charge in [0.25, 0.3) is 0 Å². The van der Waals surface area contributed by atoms with Crippen molar-refractivity contribution in [3.63, 3.8) is 0 Å². The van der Waals surface area contributed by atoms with Gasteiger partial charge in [0.2, 0.25) is 0 Å². The lowest BCUT2D eigenvalue weighted by atomic mass is 9.82. The summed E-state index contributed by atoms with van der Waals surface area (Å²) in [6.07, 6.45) is 8.59. The summed E-state index contributed by atoms with van der Waals surface area (Å²) in [5.41, 5.74) is 17.2. The maximum atomic E-state index is 2.41. The predicted molar refractivity (Wildman–Crippen MR) is 220 cm³/mol. The van der Waals surface area contributed by atoms with E-state index in [-0.39, 0.29) is 5.41 Å². The second-order valence-electron chi connectivity index (χ2n) is 13.3. The quantitative estimate of drug-likeness (QED) is 0.154. The number of benzene rings is 5. The molecule has 0 saturated carbocycles. The molecule has 2 nitrogen and oxygen atoms in total. The van der Waals surface area contributed by atoms with Crippen LogP contribution >= 0.6 is 0 Å². The molecule has 7 aromatic rings. The third kappa shape index (κ3) is 6.02. The van der Waals surface area contributed by atoms with Gasteiger partial charge in [-0.1, -0.05) is 137 Å². The van der Waals surface area contributed by atoms with Crippen LogP contribution < -0.4 is 4.90 Å². The van der Waals surface area contributed by atoms with Gasteiger partial charge >= 0.3 is 0 Å². The van der Waals surface area contributed by atoms with Crippen LogP contribution in [0.4, 0.5) is 17.1 Å². The number of hydrogen-bond acceptors (Lipinski definition) is 1. The summed E-state index contributed by atoms with van der Waals surface area (Å²) in [4.78, 5) is 2.40. The van der Waals surface area contributed by atoms with Gasteiger partial charge in [0, 0.05) is 39.8 Å². The van der Waals surface area contributed by atoms with Crippen LogP contribution in [0.5, 0.6) is 0 Å². The Bertz CT molecular complexity index is 2350. The molecule has 0 atom stereocenters. The van der Waals surface area contributed by atoms with Crippen molar-refractivity contribution in [1.29, 1.82) is 0 Å². The number of allylic oxidation sites excluding steroid dienone is 4. The summed E-state index contributed by atoms with van der Waals surface area (Å²) in [5, 5.41) is 0. The first-order valence-electron chi connectivity index (χ1n) is 18.2. The monoisotopic (exact) mass is 662 g/mol. The summed E-state index contributed by atoms with van der Waals surface area (Å²) < 4.78 is 2.30. The number of pyridine rings is 1. The van der Waals surface area contributed by atoms with Crippen LogP contribution in [0.1, 0.15) is 58.2 Å². The maximum absolute atomic E-state index is 2.41. The molecule has 5 aromatic carbocycles. The molecular formula is C49H46N2. The molecule has 0 aliphatic heterocycles. The Balaban J connectivity index is 0.00000200. The van der Waals surface area contributed by atoms with E-state index < -0.39 is 0 Å². The Morgan fingerprint density at radius 2 is 1.20 bits per heavy atom. The minimum atomic E-state index is -0.0848. The second kappa shape index (κ2) is 14.2. The molecule has 0 N–H and O–H groups in total. The fraction of sp³-hybridized carbons (Fsp3) is 0.143. The maximum Gasteiger partial charge on any atom is 0.0607 e. The van der Waals surface area contributed by atoms with E-state index >= 15 is 0 Å². The average Bonchev–Trinajstić information content (AvgIpc) is 3.68.